The normalized spacial score (nSPS) is 17.8. The van der Waals surface area contributed by atoms with Gasteiger partial charge in [-0.15, -0.1) is 0 Å². The minimum atomic E-state index is -4.47. The molecule has 2 aromatic rings. The van der Waals surface area contributed by atoms with Crippen molar-refractivity contribution in [3.63, 3.8) is 0 Å². The summed E-state index contributed by atoms with van der Waals surface area (Å²) in [7, 11) is 0. The number of hydrogen-bond acceptors (Lipinski definition) is 3. The van der Waals surface area contributed by atoms with Crippen LogP contribution >= 0.6 is 0 Å². The molecule has 126 valence electrons. The number of fused-ring (bicyclic) bond motifs is 1. The number of aromatic nitrogens is 2. The number of amides is 1. The lowest BCUT2D eigenvalue weighted by Gasteiger charge is -2.34. The van der Waals surface area contributed by atoms with E-state index >= 15 is 0 Å². The zero-order valence-corrected chi connectivity index (χ0v) is 12.4. The molecule has 1 unspecified atom stereocenters. The Balaban J connectivity index is 2.01. The van der Waals surface area contributed by atoms with Gasteiger partial charge in [0, 0.05) is 5.69 Å². The minimum absolute atomic E-state index is 0.0829. The molecular formula is C15H12F3N3O3. The maximum Gasteiger partial charge on any atom is 0.416 e. The number of carboxylic acids is 1. The molecule has 1 atom stereocenters. The highest BCUT2D eigenvalue weighted by molar-refractivity contribution is 6.11. The summed E-state index contributed by atoms with van der Waals surface area (Å²) in [5.41, 5.74) is -0.867. The number of nitrogens with zero attached hydrogens (tertiary/aromatic N) is 3. The Bertz CT molecular complexity index is 812. The Morgan fingerprint density at radius 3 is 2.46 bits per heavy atom. The van der Waals surface area contributed by atoms with Crippen molar-refractivity contribution in [2.75, 3.05) is 4.90 Å². The molecule has 3 rings (SSSR count). The van der Waals surface area contributed by atoms with Crippen LogP contribution in [0.3, 0.4) is 0 Å². The van der Waals surface area contributed by atoms with E-state index < -0.39 is 23.6 Å². The van der Waals surface area contributed by atoms with Gasteiger partial charge in [-0.2, -0.15) is 18.3 Å². The summed E-state index contributed by atoms with van der Waals surface area (Å²) in [5, 5.41) is 13.0. The molecule has 6 nitrogen and oxygen atoms in total. The number of carbonyl (C=O) groups excluding carboxylic acids is 1. The number of anilines is 1. The zero-order chi connectivity index (χ0) is 17.6. The summed E-state index contributed by atoms with van der Waals surface area (Å²) in [6, 6.07) is 3.79. The number of carbonyl (C=O) groups is 2. The molecule has 0 radical (unpaired) electrons. The lowest BCUT2D eigenvalue weighted by molar-refractivity contribution is -0.137. The van der Waals surface area contributed by atoms with Crippen molar-refractivity contribution in [1.29, 1.82) is 0 Å². The van der Waals surface area contributed by atoms with Crippen molar-refractivity contribution >= 4 is 17.6 Å². The molecule has 1 amide bonds. The first-order valence-corrected chi connectivity index (χ1v) is 7.00. The predicted octanol–water partition coefficient (Wildman–Crippen LogP) is 2.65. The SMILES string of the molecule is CC1Cn2ncc(C(=O)O)c2C(=O)N1c1ccc(C(F)(F)F)cc1. The summed E-state index contributed by atoms with van der Waals surface area (Å²) in [6.45, 7) is 1.95. The van der Waals surface area contributed by atoms with Crippen molar-refractivity contribution in [3.05, 3.63) is 47.3 Å². The molecule has 2 heterocycles. The van der Waals surface area contributed by atoms with Gasteiger partial charge in [-0.3, -0.25) is 9.48 Å². The fourth-order valence-electron chi connectivity index (χ4n) is 2.73. The highest BCUT2D eigenvalue weighted by Crippen LogP contribution is 2.32. The van der Waals surface area contributed by atoms with E-state index in [2.05, 4.69) is 5.10 Å². The third kappa shape index (κ3) is 2.51. The fourth-order valence-corrected chi connectivity index (χ4v) is 2.73. The summed E-state index contributed by atoms with van der Waals surface area (Å²) in [5.74, 6) is -1.89. The number of aromatic carboxylic acids is 1. The van der Waals surface area contributed by atoms with E-state index in [-0.39, 0.29) is 29.5 Å². The van der Waals surface area contributed by atoms with E-state index in [0.29, 0.717) is 0 Å². The molecule has 0 aliphatic carbocycles. The molecule has 1 aliphatic rings. The van der Waals surface area contributed by atoms with Gasteiger partial charge in [0.2, 0.25) is 0 Å². The third-order valence-corrected chi connectivity index (χ3v) is 3.84. The first-order valence-electron chi connectivity index (χ1n) is 7.00. The molecule has 1 aliphatic heterocycles. The molecule has 1 aromatic carbocycles. The van der Waals surface area contributed by atoms with Crippen LogP contribution in [0.1, 0.15) is 33.3 Å². The van der Waals surface area contributed by atoms with Crippen LogP contribution in [0.4, 0.5) is 18.9 Å². The van der Waals surface area contributed by atoms with Gasteiger partial charge in [0.25, 0.3) is 5.91 Å². The highest BCUT2D eigenvalue weighted by Gasteiger charge is 2.36. The van der Waals surface area contributed by atoms with Crippen LogP contribution < -0.4 is 4.90 Å². The predicted molar refractivity (Wildman–Crippen MR) is 76.9 cm³/mol. The van der Waals surface area contributed by atoms with Gasteiger partial charge in [0.05, 0.1) is 24.3 Å². The van der Waals surface area contributed by atoms with Gasteiger partial charge in [-0.1, -0.05) is 0 Å². The first kappa shape index (κ1) is 16.0. The highest BCUT2D eigenvalue weighted by atomic mass is 19.4. The van der Waals surface area contributed by atoms with Crippen molar-refractivity contribution in [2.24, 2.45) is 0 Å². The van der Waals surface area contributed by atoms with Crippen LogP contribution in [0, 0.1) is 0 Å². The molecule has 0 saturated heterocycles. The van der Waals surface area contributed by atoms with E-state index in [1.807, 2.05) is 0 Å². The zero-order valence-electron chi connectivity index (χ0n) is 12.4. The number of hydrogen-bond donors (Lipinski definition) is 1. The molecule has 0 saturated carbocycles. The minimum Gasteiger partial charge on any atom is -0.478 e. The van der Waals surface area contributed by atoms with Crippen molar-refractivity contribution in [3.8, 4) is 0 Å². The average molecular weight is 339 g/mol. The van der Waals surface area contributed by atoms with Crippen LogP contribution in [0.2, 0.25) is 0 Å². The van der Waals surface area contributed by atoms with Crippen molar-refractivity contribution in [1.82, 2.24) is 9.78 Å². The monoisotopic (exact) mass is 339 g/mol. The lowest BCUT2D eigenvalue weighted by atomic mass is 10.1. The summed E-state index contributed by atoms with van der Waals surface area (Å²) < 4.78 is 39.3. The fraction of sp³-hybridized carbons (Fsp3) is 0.267. The van der Waals surface area contributed by atoms with Gasteiger partial charge in [-0.25, -0.2) is 4.79 Å². The lowest BCUT2D eigenvalue weighted by Crippen LogP contribution is -2.47. The number of alkyl halides is 3. The second kappa shape index (κ2) is 5.36. The molecule has 1 aromatic heterocycles. The van der Waals surface area contributed by atoms with Crippen molar-refractivity contribution in [2.45, 2.75) is 25.7 Å². The third-order valence-electron chi connectivity index (χ3n) is 3.84. The maximum atomic E-state index is 12.7. The van der Waals surface area contributed by atoms with E-state index in [1.165, 1.54) is 21.7 Å². The Morgan fingerprint density at radius 1 is 1.29 bits per heavy atom. The van der Waals surface area contributed by atoms with Gasteiger partial charge in [0.1, 0.15) is 11.3 Å². The Morgan fingerprint density at radius 2 is 1.92 bits per heavy atom. The van der Waals surface area contributed by atoms with Crippen LogP contribution in [0.15, 0.2) is 30.5 Å². The molecule has 9 heteroatoms. The molecule has 0 fully saturated rings. The van der Waals surface area contributed by atoms with Crippen LogP contribution in [-0.4, -0.2) is 32.8 Å². The average Bonchev–Trinajstić information content (AvgIpc) is 2.91. The van der Waals surface area contributed by atoms with E-state index in [1.54, 1.807) is 6.92 Å². The number of halogens is 3. The van der Waals surface area contributed by atoms with Crippen LogP contribution in [-0.2, 0) is 12.7 Å². The van der Waals surface area contributed by atoms with Gasteiger partial charge in [-0.05, 0) is 31.2 Å². The first-order chi connectivity index (χ1) is 11.2. The Kier molecular flexibility index (Phi) is 3.58. The van der Waals surface area contributed by atoms with Crippen LogP contribution in [0.5, 0.6) is 0 Å². The molecule has 0 bridgehead atoms. The Hall–Kier alpha value is -2.84. The second-order valence-corrected chi connectivity index (χ2v) is 5.46. The van der Waals surface area contributed by atoms with Gasteiger partial charge < -0.3 is 10.0 Å². The second-order valence-electron chi connectivity index (χ2n) is 5.46. The number of benzene rings is 1. The standard InChI is InChI=1S/C15H12F3N3O3/c1-8-7-20-12(11(6-19-20)14(23)24)13(22)21(8)10-4-2-9(3-5-10)15(16,17)18/h2-6,8H,7H2,1H3,(H,23,24). The summed E-state index contributed by atoms with van der Waals surface area (Å²) >= 11 is 0. The number of carboxylic acid groups (broad SMARTS) is 1. The summed E-state index contributed by atoms with van der Waals surface area (Å²) in [6.07, 6.45) is -3.37. The van der Waals surface area contributed by atoms with Gasteiger partial charge >= 0.3 is 12.1 Å². The Labute approximate surface area is 134 Å². The number of rotatable bonds is 2. The maximum absolute atomic E-state index is 12.7. The van der Waals surface area contributed by atoms with Crippen molar-refractivity contribution < 1.29 is 27.9 Å². The molecule has 1 N–H and O–H groups in total. The van der Waals surface area contributed by atoms with E-state index in [4.69, 9.17) is 5.11 Å². The van der Waals surface area contributed by atoms with E-state index in [0.717, 1.165) is 18.3 Å². The molecule has 24 heavy (non-hydrogen) atoms. The van der Waals surface area contributed by atoms with E-state index in [9.17, 15) is 22.8 Å². The quantitative estimate of drug-likeness (QED) is 0.913. The topological polar surface area (TPSA) is 75.4 Å². The molecule has 0 spiro atoms. The molecular weight excluding hydrogens is 327 g/mol. The smallest absolute Gasteiger partial charge is 0.416 e. The van der Waals surface area contributed by atoms with Crippen LogP contribution in [0.25, 0.3) is 0 Å². The largest absolute Gasteiger partial charge is 0.478 e. The van der Waals surface area contributed by atoms with Gasteiger partial charge in [0.15, 0.2) is 0 Å². The summed E-state index contributed by atoms with van der Waals surface area (Å²) in [4.78, 5) is 25.2.